The lowest BCUT2D eigenvalue weighted by molar-refractivity contribution is 0.209. The predicted octanol–water partition coefficient (Wildman–Crippen LogP) is -0.380. The monoisotopic (exact) mass is 179 g/mol. The van der Waals surface area contributed by atoms with E-state index in [1.807, 2.05) is 0 Å². The second kappa shape index (κ2) is 2.98. The highest BCUT2D eigenvalue weighted by atomic mass is 16.3. The van der Waals surface area contributed by atoms with Gasteiger partial charge in [0.05, 0.1) is 11.9 Å². The lowest BCUT2D eigenvalue weighted by Gasteiger charge is -2.01. The predicted molar refractivity (Wildman–Crippen MR) is 43.7 cm³/mol. The third-order valence-corrected chi connectivity index (χ3v) is 1.73. The van der Waals surface area contributed by atoms with Crippen LogP contribution in [0.4, 0.5) is 0 Å². The maximum atomic E-state index is 9.70. The zero-order valence-corrected chi connectivity index (χ0v) is 7.05. The Morgan fingerprint density at radius 1 is 1.54 bits per heavy atom. The summed E-state index contributed by atoms with van der Waals surface area (Å²) in [5.41, 5.74) is 1.04. The number of aliphatic hydroxyl groups is 1. The Kier molecular flexibility index (Phi) is 1.82. The standard InChI is InChI=1S/C7H9N5O/c1-12-3-2-5(10-12)7(13)6-4-8-11-9-6/h2-4,7,13H,1H3,(H,8,9,11). The third-order valence-electron chi connectivity index (χ3n) is 1.73. The van der Waals surface area contributed by atoms with Crippen molar-refractivity contribution in [1.82, 2.24) is 25.2 Å². The molecule has 0 bridgehead atoms. The third kappa shape index (κ3) is 1.43. The van der Waals surface area contributed by atoms with Crippen LogP contribution in [0.25, 0.3) is 0 Å². The van der Waals surface area contributed by atoms with Crippen LogP contribution in [0.1, 0.15) is 17.5 Å². The summed E-state index contributed by atoms with van der Waals surface area (Å²) in [5.74, 6) is 0. The zero-order chi connectivity index (χ0) is 9.26. The van der Waals surface area contributed by atoms with Gasteiger partial charge in [-0.1, -0.05) is 0 Å². The second-order valence-corrected chi connectivity index (χ2v) is 2.71. The first-order valence-electron chi connectivity index (χ1n) is 3.80. The molecule has 2 heterocycles. The highest BCUT2D eigenvalue weighted by Crippen LogP contribution is 2.15. The summed E-state index contributed by atoms with van der Waals surface area (Å²) in [6, 6.07) is 1.74. The Balaban J connectivity index is 2.28. The topological polar surface area (TPSA) is 79.6 Å². The van der Waals surface area contributed by atoms with Gasteiger partial charge in [0.2, 0.25) is 0 Å². The molecule has 0 amide bonds. The summed E-state index contributed by atoms with van der Waals surface area (Å²) >= 11 is 0. The van der Waals surface area contributed by atoms with E-state index in [2.05, 4.69) is 20.5 Å². The van der Waals surface area contributed by atoms with Crippen LogP contribution in [0, 0.1) is 0 Å². The van der Waals surface area contributed by atoms with Gasteiger partial charge in [0.25, 0.3) is 0 Å². The van der Waals surface area contributed by atoms with Crippen molar-refractivity contribution in [3.05, 3.63) is 29.8 Å². The van der Waals surface area contributed by atoms with Gasteiger partial charge in [-0.15, -0.1) is 0 Å². The first-order chi connectivity index (χ1) is 6.27. The van der Waals surface area contributed by atoms with Gasteiger partial charge in [0.1, 0.15) is 11.8 Å². The van der Waals surface area contributed by atoms with Gasteiger partial charge in [0, 0.05) is 13.2 Å². The highest BCUT2D eigenvalue weighted by molar-refractivity contribution is 5.14. The molecule has 0 fully saturated rings. The van der Waals surface area contributed by atoms with Gasteiger partial charge in [0.15, 0.2) is 0 Å². The first-order valence-corrected chi connectivity index (χ1v) is 3.80. The summed E-state index contributed by atoms with van der Waals surface area (Å²) < 4.78 is 1.62. The van der Waals surface area contributed by atoms with Gasteiger partial charge in [-0.2, -0.15) is 20.5 Å². The smallest absolute Gasteiger partial charge is 0.143 e. The molecule has 0 aliphatic heterocycles. The van der Waals surface area contributed by atoms with Crippen molar-refractivity contribution in [2.24, 2.45) is 7.05 Å². The van der Waals surface area contributed by atoms with E-state index < -0.39 is 6.10 Å². The van der Waals surface area contributed by atoms with Crippen molar-refractivity contribution in [1.29, 1.82) is 0 Å². The van der Waals surface area contributed by atoms with Gasteiger partial charge < -0.3 is 5.11 Å². The quantitative estimate of drug-likeness (QED) is 0.658. The van der Waals surface area contributed by atoms with E-state index >= 15 is 0 Å². The van der Waals surface area contributed by atoms with Crippen molar-refractivity contribution in [2.75, 3.05) is 0 Å². The van der Waals surface area contributed by atoms with Crippen molar-refractivity contribution in [2.45, 2.75) is 6.10 Å². The Labute approximate surface area is 74.2 Å². The molecule has 2 rings (SSSR count). The van der Waals surface area contributed by atoms with Gasteiger partial charge in [-0.05, 0) is 6.07 Å². The number of aromatic amines is 1. The van der Waals surface area contributed by atoms with E-state index in [1.165, 1.54) is 6.20 Å². The van der Waals surface area contributed by atoms with Crippen LogP contribution in [-0.4, -0.2) is 30.3 Å². The molecule has 1 unspecified atom stereocenters. The number of aromatic nitrogens is 5. The first kappa shape index (κ1) is 7.93. The fourth-order valence-electron chi connectivity index (χ4n) is 1.07. The second-order valence-electron chi connectivity index (χ2n) is 2.71. The largest absolute Gasteiger partial charge is 0.380 e. The molecule has 0 radical (unpaired) electrons. The van der Waals surface area contributed by atoms with E-state index in [0.717, 1.165) is 0 Å². The Morgan fingerprint density at radius 2 is 2.38 bits per heavy atom. The van der Waals surface area contributed by atoms with Crippen LogP contribution in [0.15, 0.2) is 18.5 Å². The molecule has 0 aliphatic rings. The molecule has 0 saturated heterocycles. The summed E-state index contributed by atoms with van der Waals surface area (Å²) in [6.45, 7) is 0. The van der Waals surface area contributed by atoms with Crippen molar-refractivity contribution < 1.29 is 5.11 Å². The molecular weight excluding hydrogens is 170 g/mol. The highest BCUT2D eigenvalue weighted by Gasteiger charge is 2.15. The molecule has 0 aromatic carbocycles. The fourth-order valence-corrected chi connectivity index (χ4v) is 1.07. The molecule has 2 aromatic rings. The minimum absolute atomic E-state index is 0.471. The number of rotatable bonds is 2. The van der Waals surface area contributed by atoms with Crippen molar-refractivity contribution in [3.63, 3.8) is 0 Å². The van der Waals surface area contributed by atoms with Crippen LogP contribution >= 0.6 is 0 Å². The summed E-state index contributed by atoms with van der Waals surface area (Å²) in [4.78, 5) is 0. The zero-order valence-electron chi connectivity index (χ0n) is 7.05. The Bertz CT molecular complexity index is 379. The SMILES string of the molecule is Cn1ccc(C(O)c2cn[nH]n2)n1. The lowest BCUT2D eigenvalue weighted by Crippen LogP contribution is -2.02. The molecule has 6 heteroatoms. The van der Waals surface area contributed by atoms with E-state index in [9.17, 15) is 5.11 Å². The molecule has 1 atom stereocenters. The average molecular weight is 179 g/mol. The van der Waals surface area contributed by atoms with E-state index in [0.29, 0.717) is 11.4 Å². The summed E-state index contributed by atoms with van der Waals surface area (Å²) in [5, 5.41) is 23.6. The molecule has 0 saturated carbocycles. The van der Waals surface area contributed by atoms with Gasteiger partial charge in [-0.3, -0.25) is 4.68 Å². The van der Waals surface area contributed by atoms with Crippen LogP contribution in [0.2, 0.25) is 0 Å². The van der Waals surface area contributed by atoms with Crippen LogP contribution in [0.3, 0.4) is 0 Å². The molecule has 0 aliphatic carbocycles. The normalized spacial score (nSPS) is 13.1. The number of nitrogens with one attached hydrogen (secondary N) is 1. The molecular formula is C7H9N5O. The maximum Gasteiger partial charge on any atom is 0.143 e. The minimum atomic E-state index is -0.806. The van der Waals surface area contributed by atoms with Crippen LogP contribution in [-0.2, 0) is 7.05 Å². The van der Waals surface area contributed by atoms with Crippen LogP contribution in [0.5, 0.6) is 0 Å². The number of hydrogen-bond acceptors (Lipinski definition) is 4. The average Bonchev–Trinajstić information content (AvgIpc) is 2.72. The van der Waals surface area contributed by atoms with E-state index in [1.54, 1.807) is 24.0 Å². The van der Waals surface area contributed by atoms with Crippen molar-refractivity contribution in [3.8, 4) is 0 Å². The number of aliphatic hydroxyl groups excluding tert-OH is 1. The van der Waals surface area contributed by atoms with Crippen LogP contribution < -0.4 is 0 Å². The molecule has 68 valence electrons. The number of nitrogens with zero attached hydrogens (tertiary/aromatic N) is 4. The molecule has 2 aromatic heterocycles. The maximum absolute atomic E-state index is 9.70. The van der Waals surface area contributed by atoms with E-state index in [4.69, 9.17) is 0 Å². The number of hydrogen-bond donors (Lipinski definition) is 2. The number of aryl methyl sites for hydroxylation is 1. The molecule has 2 N–H and O–H groups in total. The fraction of sp³-hybridized carbons (Fsp3) is 0.286. The van der Waals surface area contributed by atoms with E-state index in [-0.39, 0.29) is 0 Å². The molecule has 13 heavy (non-hydrogen) atoms. The summed E-state index contributed by atoms with van der Waals surface area (Å²) in [6.07, 6.45) is 2.43. The lowest BCUT2D eigenvalue weighted by atomic mass is 10.2. The Morgan fingerprint density at radius 3 is 2.92 bits per heavy atom. The van der Waals surface area contributed by atoms with Crippen molar-refractivity contribution >= 4 is 0 Å². The Hall–Kier alpha value is -1.69. The van der Waals surface area contributed by atoms with Gasteiger partial charge >= 0.3 is 0 Å². The van der Waals surface area contributed by atoms with Gasteiger partial charge in [-0.25, -0.2) is 0 Å². The minimum Gasteiger partial charge on any atom is -0.380 e. The molecule has 6 nitrogen and oxygen atoms in total. The number of H-pyrrole nitrogens is 1. The molecule has 0 spiro atoms. The summed E-state index contributed by atoms with van der Waals surface area (Å²) in [7, 11) is 1.79.